The SMILES string of the molecule is O=C(c1ccccc1)c1ccc(NS(=O)(=O)c2cccc(Cl)c2)cc1. The highest BCUT2D eigenvalue weighted by Gasteiger charge is 2.15. The lowest BCUT2D eigenvalue weighted by molar-refractivity contribution is 0.103. The first-order valence-electron chi connectivity index (χ1n) is 7.44. The third kappa shape index (κ3) is 4.07. The Morgan fingerprint density at radius 1 is 0.800 bits per heavy atom. The third-order valence-electron chi connectivity index (χ3n) is 3.54. The first kappa shape index (κ1) is 17.2. The summed E-state index contributed by atoms with van der Waals surface area (Å²) in [6.45, 7) is 0. The highest BCUT2D eigenvalue weighted by molar-refractivity contribution is 7.92. The van der Waals surface area contributed by atoms with E-state index < -0.39 is 10.0 Å². The number of ketones is 1. The number of benzene rings is 3. The van der Waals surface area contributed by atoms with Crippen molar-refractivity contribution in [3.63, 3.8) is 0 Å². The standard InChI is InChI=1S/C19H14ClNO3S/c20-16-7-4-8-18(13-16)25(23,24)21-17-11-9-15(10-12-17)19(22)14-5-2-1-3-6-14/h1-13,21H. The number of sulfonamides is 1. The molecular weight excluding hydrogens is 358 g/mol. The van der Waals surface area contributed by atoms with Gasteiger partial charge in [0.2, 0.25) is 0 Å². The van der Waals surface area contributed by atoms with Crippen molar-refractivity contribution in [1.82, 2.24) is 0 Å². The van der Waals surface area contributed by atoms with Gasteiger partial charge in [-0.15, -0.1) is 0 Å². The first-order chi connectivity index (χ1) is 12.0. The molecule has 0 heterocycles. The van der Waals surface area contributed by atoms with Gasteiger partial charge in [0.15, 0.2) is 5.78 Å². The predicted octanol–water partition coefficient (Wildman–Crippen LogP) is 4.37. The van der Waals surface area contributed by atoms with Crippen molar-refractivity contribution >= 4 is 33.1 Å². The fourth-order valence-electron chi connectivity index (χ4n) is 2.29. The van der Waals surface area contributed by atoms with E-state index in [-0.39, 0.29) is 10.7 Å². The van der Waals surface area contributed by atoms with Crippen LogP contribution in [0, 0.1) is 0 Å². The maximum atomic E-state index is 12.4. The molecule has 0 radical (unpaired) electrons. The first-order valence-corrected chi connectivity index (χ1v) is 9.30. The van der Waals surface area contributed by atoms with E-state index in [0.29, 0.717) is 21.8 Å². The molecule has 6 heteroatoms. The van der Waals surface area contributed by atoms with Crippen molar-refractivity contribution in [3.8, 4) is 0 Å². The Hall–Kier alpha value is -2.63. The fraction of sp³-hybridized carbons (Fsp3) is 0. The summed E-state index contributed by atoms with van der Waals surface area (Å²) >= 11 is 5.84. The number of carbonyl (C=O) groups excluding carboxylic acids is 1. The summed E-state index contributed by atoms with van der Waals surface area (Å²) in [4.78, 5) is 12.4. The van der Waals surface area contributed by atoms with E-state index in [4.69, 9.17) is 11.6 Å². The molecule has 0 amide bonds. The second-order valence-corrected chi connectivity index (χ2v) is 7.45. The molecule has 3 aromatic rings. The van der Waals surface area contributed by atoms with Crippen LogP contribution in [0.2, 0.25) is 5.02 Å². The van der Waals surface area contributed by atoms with E-state index in [2.05, 4.69) is 4.72 Å². The molecule has 0 atom stereocenters. The summed E-state index contributed by atoms with van der Waals surface area (Å²) in [5.74, 6) is -0.121. The van der Waals surface area contributed by atoms with Gasteiger partial charge in [-0.2, -0.15) is 0 Å². The van der Waals surface area contributed by atoms with E-state index in [1.807, 2.05) is 6.07 Å². The quantitative estimate of drug-likeness (QED) is 0.677. The van der Waals surface area contributed by atoms with Crippen LogP contribution >= 0.6 is 11.6 Å². The van der Waals surface area contributed by atoms with Gasteiger partial charge in [0, 0.05) is 21.8 Å². The van der Waals surface area contributed by atoms with Gasteiger partial charge in [-0.05, 0) is 42.5 Å². The van der Waals surface area contributed by atoms with Crippen molar-refractivity contribution in [2.24, 2.45) is 0 Å². The summed E-state index contributed by atoms with van der Waals surface area (Å²) in [6, 6.07) is 21.2. The molecule has 0 saturated carbocycles. The van der Waals surface area contributed by atoms with Crippen LogP contribution in [0.15, 0.2) is 83.8 Å². The Bertz CT molecular complexity index is 1000. The zero-order valence-electron chi connectivity index (χ0n) is 13.0. The van der Waals surface area contributed by atoms with Crippen molar-refractivity contribution in [2.75, 3.05) is 4.72 Å². The summed E-state index contributed by atoms with van der Waals surface area (Å²) in [6.07, 6.45) is 0. The molecule has 0 aliphatic heterocycles. The number of hydrogen-bond acceptors (Lipinski definition) is 3. The molecule has 3 aromatic carbocycles. The summed E-state index contributed by atoms with van der Waals surface area (Å²) in [5, 5.41) is 0.340. The third-order valence-corrected chi connectivity index (χ3v) is 5.16. The van der Waals surface area contributed by atoms with Gasteiger partial charge in [0.25, 0.3) is 10.0 Å². The van der Waals surface area contributed by atoms with Crippen molar-refractivity contribution in [2.45, 2.75) is 4.90 Å². The maximum Gasteiger partial charge on any atom is 0.261 e. The fourth-order valence-corrected chi connectivity index (χ4v) is 3.65. The summed E-state index contributed by atoms with van der Waals surface area (Å²) in [7, 11) is -3.74. The van der Waals surface area contributed by atoms with Gasteiger partial charge < -0.3 is 0 Å². The van der Waals surface area contributed by atoms with Gasteiger partial charge in [0.05, 0.1) is 4.90 Å². The van der Waals surface area contributed by atoms with Gasteiger partial charge in [-0.1, -0.05) is 48.0 Å². The number of rotatable bonds is 5. The maximum absolute atomic E-state index is 12.4. The monoisotopic (exact) mass is 371 g/mol. The highest BCUT2D eigenvalue weighted by Crippen LogP contribution is 2.20. The van der Waals surface area contributed by atoms with E-state index >= 15 is 0 Å². The molecular formula is C19H14ClNO3S. The molecule has 0 aliphatic rings. The minimum absolute atomic E-state index is 0.0736. The Balaban J connectivity index is 1.80. The Kier molecular flexibility index (Phi) is 4.88. The van der Waals surface area contributed by atoms with Crippen LogP contribution in [-0.4, -0.2) is 14.2 Å². The average Bonchev–Trinajstić information content (AvgIpc) is 2.62. The lowest BCUT2D eigenvalue weighted by Crippen LogP contribution is -2.13. The Morgan fingerprint density at radius 3 is 2.08 bits per heavy atom. The zero-order chi connectivity index (χ0) is 17.9. The normalized spacial score (nSPS) is 11.1. The molecule has 0 spiro atoms. The molecule has 0 aromatic heterocycles. The number of carbonyl (C=O) groups is 1. The molecule has 3 rings (SSSR count). The number of anilines is 1. The molecule has 1 N–H and O–H groups in total. The summed E-state index contributed by atoms with van der Waals surface area (Å²) < 4.78 is 27.2. The topological polar surface area (TPSA) is 63.2 Å². The smallest absolute Gasteiger partial charge is 0.261 e. The highest BCUT2D eigenvalue weighted by atomic mass is 35.5. The van der Waals surface area contributed by atoms with Gasteiger partial charge in [0.1, 0.15) is 0 Å². The van der Waals surface area contributed by atoms with E-state index in [1.54, 1.807) is 60.7 Å². The van der Waals surface area contributed by atoms with Gasteiger partial charge >= 0.3 is 0 Å². The molecule has 0 fully saturated rings. The van der Waals surface area contributed by atoms with Gasteiger partial charge in [-0.25, -0.2) is 8.42 Å². The largest absolute Gasteiger partial charge is 0.289 e. The van der Waals surface area contributed by atoms with Crippen LogP contribution in [0.25, 0.3) is 0 Å². The Labute approximate surface area is 151 Å². The zero-order valence-corrected chi connectivity index (χ0v) is 14.6. The molecule has 0 saturated heterocycles. The molecule has 4 nitrogen and oxygen atoms in total. The second-order valence-electron chi connectivity index (χ2n) is 5.34. The van der Waals surface area contributed by atoms with E-state index in [9.17, 15) is 13.2 Å². The number of halogens is 1. The second kappa shape index (κ2) is 7.09. The number of nitrogens with one attached hydrogen (secondary N) is 1. The van der Waals surface area contributed by atoms with Crippen LogP contribution in [-0.2, 0) is 10.0 Å². The average molecular weight is 372 g/mol. The van der Waals surface area contributed by atoms with Crippen LogP contribution < -0.4 is 4.72 Å². The molecule has 25 heavy (non-hydrogen) atoms. The van der Waals surface area contributed by atoms with Crippen LogP contribution in [0.1, 0.15) is 15.9 Å². The van der Waals surface area contributed by atoms with Crippen LogP contribution in [0.5, 0.6) is 0 Å². The minimum atomic E-state index is -3.74. The lowest BCUT2D eigenvalue weighted by atomic mass is 10.0. The Morgan fingerprint density at radius 2 is 1.44 bits per heavy atom. The van der Waals surface area contributed by atoms with Crippen molar-refractivity contribution < 1.29 is 13.2 Å². The van der Waals surface area contributed by atoms with Crippen LogP contribution in [0.4, 0.5) is 5.69 Å². The lowest BCUT2D eigenvalue weighted by Gasteiger charge is -2.09. The summed E-state index contributed by atoms with van der Waals surface area (Å²) in [5.41, 5.74) is 1.43. The van der Waals surface area contributed by atoms with Crippen LogP contribution in [0.3, 0.4) is 0 Å². The predicted molar refractivity (Wildman–Crippen MR) is 98.6 cm³/mol. The minimum Gasteiger partial charge on any atom is -0.289 e. The van der Waals surface area contributed by atoms with E-state index in [1.165, 1.54) is 12.1 Å². The van der Waals surface area contributed by atoms with Crippen molar-refractivity contribution in [3.05, 3.63) is 95.0 Å². The van der Waals surface area contributed by atoms with Gasteiger partial charge in [-0.3, -0.25) is 9.52 Å². The van der Waals surface area contributed by atoms with E-state index in [0.717, 1.165) is 0 Å². The molecule has 0 bridgehead atoms. The molecule has 0 unspecified atom stereocenters. The van der Waals surface area contributed by atoms with Crippen molar-refractivity contribution in [1.29, 1.82) is 0 Å². The number of hydrogen-bond donors (Lipinski definition) is 1. The molecule has 126 valence electrons. The molecule has 0 aliphatic carbocycles.